The highest BCUT2D eigenvalue weighted by Crippen LogP contribution is 2.42. The first kappa shape index (κ1) is 24.2. The van der Waals surface area contributed by atoms with Gasteiger partial charge >= 0.3 is 0 Å². The Labute approximate surface area is 197 Å². The first-order chi connectivity index (χ1) is 15.8. The molecule has 0 spiro atoms. The van der Waals surface area contributed by atoms with E-state index in [2.05, 4.69) is 19.2 Å². The zero-order valence-electron chi connectivity index (χ0n) is 20.3. The molecule has 1 fully saturated rings. The number of benzene rings is 1. The van der Waals surface area contributed by atoms with Crippen molar-refractivity contribution in [1.29, 1.82) is 0 Å². The maximum absolute atomic E-state index is 13.5. The van der Waals surface area contributed by atoms with Crippen molar-refractivity contribution in [3.8, 4) is 11.5 Å². The van der Waals surface area contributed by atoms with Gasteiger partial charge in [-0.05, 0) is 61.6 Å². The van der Waals surface area contributed by atoms with Crippen molar-refractivity contribution >= 4 is 16.2 Å². The van der Waals surface area contributed by atoms with E-state index in [4.69, 9.17) is 19.2 Å². The lowest BCUT2D eigenvalue weighted by Crippen LogP contribution is -2.40. The molecule has 1 aromatic carbocycles. The normalized spacial score (nSPS) is 28.8. The molecule has 4 unspecified atom stereocenters. The zero-order valence-corrected chi connectivity index (χ0v) is 21.1. The molecule has 3 aliphatic rings. The topological polar surface area (TPSA) is 77.4 Å². The van der Waals surface area contributed by atoms with Crippen LogP contribution >= 0.6 is 0 Å². The molecule has 1 aromatic rings. The third-order valence-corrected chi connectivity index (χ3v) is 9.49. The van der Waals surface area contributed by atoms with E-state index in [1.54, 1.807) is 30.7 Å². The van der Waals surface area contributed by atoms with Gasteiger partial charge in [0.1, 0.15) is 16.4 Å². The zero-order chi connectivity index (χ0) is 23.8. The summed E-state index contributed by atoms with van der Waals surface area (Å²) in [5.74, 6) is 2.09. The molecule has 8 heteroatoms. The van der Waals surface area contributed by atoms with E-state index >= 15 is 0 Å². The maximum Gasteiger partial charge on any atom is 0.246 e. The van der Waals surface area contributed by atoms with Crippen LogP contribution in [0.25, 0.3) is 0 Å². The molecule has 0 N–H and O–H groups in total. The minimum atomic E-state index is -3.67. The second-order valence-corrected chi connectivity index (χ2v) is 11.4. The Morgan fingerprint density at radius 3 is 2.33 bits per heavy atom. The molecule has 2 aliphatic heterocycles. The monoisotopic (exact) mass is 476 g/mol. The van der Waals surface area contributed by atoms with Gasteiger partial charge in [-0.25, -0.2) is 8.42 Å². The molecule has 4 atom stereocenters. The second kappa shape index (κ2) is 9.76. The number of aliphatic imine (C=N–C) groups is 1. The molecular formula is C25H36N2O5S. The molecule has 1 aliphatic carbocycles. The Balaban J connectivity index is 1.51. The summed E-state index contributed by atoms with van der Waals surface area (Å²) in [5, 5.41) is 0. The summed E-state index contributed by atoms with van der Waals surface area (Å²) in [6.07, 6.45) is 8.30. The highest BCUT2D eigenvalue weighted by Gasteiger charge is 2.40. The number of hydrogen-bond acceptors (Lipinski definition) is 6. The summed E-state index contributed by atoms with van der Waals surface area (Å²) in [6.45, 7) is 5.10. The van der Waals surface area contributed by atoms with Gasteiger partial charge in [0.2, 0.25) is 10.0 Å². The Bertz CT molecular complexity index is 1030. The summed E-state index contributed by atoms with van der Waals surface area (Å²) >= 11 is 0. The van der Waals surface area contributed by atoms with Crippen molar-refractivity contribution in [1.82, 2.24) is 4.31 Å². The SMILES string of the molecule is COc1cc(OC)c(S(=O)(=O)N2CCC(C3C=NC4C3=CC(OC)CCC4C)CC2)cc1C. The van der Waals surface area contributed by atoms with Crippen LogP contribution in [0.2, 0.25) is 0 Å². The Kier molecular flexibility index (Phi) is 7.17. The molecule has 0 amide bonds. The minimum Gasteiger partial charge on any atom is -0.496 e. The molecule has 0 radical (unpaired) electrons. The van der Waals surface area contributed by atoms with Crippen LogP contribution in [0.5, 0.6) is 11.5 Å². The van der Waals surface area contributed by atoms with Crippen LogP contribution in [0.1, 0.15) is 38.2 Å². The third kappa shape index (κ3) is 4.57. The van der Waals surface area contributed by atoms with Crippen LogP contribution < -0.4 is 9.47 Å². The second-order valence-electron chi connectivity index (χ2n) is 9.48. The molecule has 33 heavy (non-hydrogen) atoms. The fourth-order valence-corrected chi connectivity index (χ4v) is 7.23. The smallest absolute Gasteiger partial charge is 0.246 e. The predicted molar refractivity (Wildman–Crippen MR) is 129 cm³/mol. The Hall–Kier alpha value is -1.90. The lowest BCUT2D eigenvalue weighted by molar-refractivity contribution is 0.129. The molecule has 0 bridgehead atoms. The van der Waals surface area contributed by atoms with Crippen LogP contribution in [-0.4, -0.2) is 65.5 Å². The number of sulfonamides is 1. The van der Waals surface area contributed by atoms with E-state index in [0.717, 1.165) is 31.2 Å². The largest absolute Gasteiger partial charge is 0.496 e. The average Bonchev–Trinajstić information content (AvgIpc) is 3.17. The maximum atomic E-state index is 13.5. The number of nitrogens with zero attached hydrogens (tertiary/aromatic N) is 2. The van der Waals surface area contributed by atoms with Gasteiger partial charge in [0.25, 0.3) is 0 Å². The number of aryl methyl sites for hydroxylation is 1. The molecule has 0 aromatic heterocycles. The average molecular weight is 477 g/mol. The molecule has 1 saturated heterocycles. The number of fused-ring (bicyclic) bond motifs is 1. The molecule has 4 rings (SSSR count). The predicted octanol–water partition coefficient (Wildman–Crippen LogP) is 3.85. The lowest BCUT2D eigenvalue weighted by Gasteiger charge is -2.35. The Morgan fingerprint density at radius 2 is 1.70 bits per heavy atom. The van der Waals surface area contributed by atoms with Crippen LogP contribution in [0, 0.1) is 24.7 Å². The van der Waals surface area contributed by atoms with Crippen molar-refractivity contribution in [3.63, 3.8) is 0 Å². The summed E-state index contributed by atoms with van der Waals surface area (Å²) in [6, 6.07) is 3.54. The van der Waals surface area contributed by atoms with E-state index in [1.807, 2.05) is 6.92 Å². The molecule has 0 saturated carbocycles. The molecular weight excluding hydrogens is 440 g/mol. The fraction of sp³-hybridized carbons (Fsp3) is 0.640. The van der Waals surface area contributed by atoms with Crippen LogP contribution in [-0.2, 0) is 14.8 Å². The minimum absolute atomic E-state index is 0.142. The van der Waals surface area contributed by atoms with Gasteiger partial charge in [-0.15, -0.1) is 0 Å². The third-order valence-electron chi connectivity index (χ3n) is 7.57. The molecule has 2 heterocycles. The number of methoxy groups -OCH3 is 3. The fourth-order valence-electron chi connectivity index (χ4n) is 5.54. The van der Waals surface area contributed by atoms with Gasteiger partial charge in [-0.1, -0.05) is 13.0 Å². The van der Waals surface area contributed by atoms with E-state index in [9.17, 15) is 8.42 Å². The number of piperidine rings is 1. The van der Waals surface area contributed by atoms with Gasteiger partial charge in [0.15, 0.2) is 0 Å². The van der Waals surface area contributed by atoms with E-state index < -0.39 is 10.0 Å². The van der Waals surface area contributed by atoms with Crippen molar-refractivity contribution in [2.24, 2.45) is 22.7 Å². The van der Waals surface area contributed by atoms with E-state index in [-0.39, 0.29) is 23.0 Å². The molecule has 182 valence electrons. The quantitative estimate of drug-likeness (QED) is 0.583. The summed E-state index contributed by atoms with van der Waals surface area (Å²) in [4.78, 5) is 5.08. The standard InChI is InChI=1S/C25H36N2O5S/c1-16-6-7-19(30-3)13-20-21(15-26-25(16)20)18-8-10-27(11-9-18)33(28,29)24-12-17(2)22(31-4)14-23(24)32-5/h12-16,18-19,21,25H,6-11H2,1-5H3. The van der Waals surface area contributed by atoms with Gasteiger partial charge in [-0.3, -0.25) is 4.99 Å². The van der Waals surface area contributed by atoms with Crippen LogP contribution in [0.3, 0.4) is 0 Å². The van der Waals surface area contributed by atoms with Gasteiger partial charge < -0.3 is 14.2 Å². The van der Waals surface area contributed by atoms with E-state index in [0.29, 0.717) is 36.4 Å². The highest BCUT2D eigenvalue weighted by molar-refractivity contribution is 7.89. The van der Waals surface area contributed by atoms with E-state index in [1.165, 1.54) is 12.7 Å². The highest BCUT2D eigenvalue weighted by atomic mass is 32.2. The number of hydrogen-bond donors (Lipinski definition) is 0. The number of rotatable bonds is 6. The van der Waals surface area contributed by atoms with Crippen molar-refractivity contribution < 1.29 is 22.6 Å². The van der Waals surface area contributed by atoms with Crippen LogP contribution in [0.4, 0.5) is 0 Å². The van der Waals surface area contributed by atoms with Gasteiger partial charge in [0, 0.05) is 38.4 Å². The van der Waals surface area contributed by atoms with Crippen molar-refractivity contribution in [2.75, 3.05) is 34.4 Å². The van der Waals surface area contributed by atoms with Gasteiger partial charge in [-0.2, -0.15) is 4.31 Å². The van der Waals surface area contributed by atoms with Crippen molar-refractivity contribution in [2.45, 2.75) is 56.6 Å². The summed E-state index contributed by atoms with van der Waals surface area (Å²) in [5.41, 5.74) is 2.14. The first-order valence-corrected chi connectivity index (χ1v) is 13.2. The van der Waals surface area contributed by atoms with Crippen molar-refractivity contribution in [3.05, 3.63) is 29.3 Å². The lowest BCUT2D eigenvalue weighted by atomic mass is 9.78. The first-order valence-electron chi connectivity index (χ1n) is 11.8. The van der Waals surface area contributed by atoms with Crippen LogP contribution in [0.15, 0.2) is 33.7 Å². The molecule has 7 nitrogen and oxygen atoms in total. The Morgan fingerprint density at radius 1 is 1.00 bits per heavy atom. The summed E-state index contributed by atoms with van der Waals surface area (Å²) < 4.78 is 45.0. The summed E-state index contributed by atoms with van der Waals surface area (Å²) in [7, 11) is 1.16. The number of ether oxygens (including phenoxy) is 3. The van der Waals surface area contributed by atoms with Gasteiger partial charge in [0.05, 0.1) is 26.4 Å².